The smallest absolute Gasteiger partial charge is 0.237 e. The number of benzene rings is 1. The van der Waals surface area contributed by atoms with Crippen molar-refractivity contribution in [2.45, 2.75) is 43.5 Å². The molecule has 5 nitrogen and oxygen atoms in total. The molecule has 1 unspecified atom stereocenters. The molecule has 0 saturated heterocycles. The second-order valence-electron chi connectivity index (χ2n) is 6.29. The minimum Gasteiger partial charge on any atom is -0.290 e. The Hall–Kier alpha value is -1.74. The molecule has 27 heavy (non-hydrogen) atoms. The van der Waals surface area contributed by atoms with E-state index >= 15 is 0 Å². The standard InChI is InChI=1S/C19H23NO4S3/c1-5-7-16-13-19(20(27(23,24)25)18(16)8-6-2)26(21,22)17-11-9-15(10-12-17)14(3)4/h5-14H,1-4H3,(H,23,24,25)/b7-5-,8-6-. The zero-order valence-corrected chi connectivity index (χ0v) is 18.1. The average molecular weight is 426 g/mol. The Morgan fingerprint density at radius 2 is 1.59 bits per heavy atom. The van der Waals surface area contributed by atoms with Crippen LogP contribution < -0.4 is 0 Å². The van der Waals surface area contributed by atoms with E-state index in [4.69, 9.17) is 11.2 Å². The van der Waals surface area contributed by atoms with Gasteiger partial charge in [-0.3, -0.25) is 4.55 Å². The van der Waals surface area contributed by atoms with Gasteiger partial charge in [0, 0.05) is 16.8 Å². The summed E-state index contributed by atoms with van der Waals surface area (Å²) in [6, 6.07) is 7.89. The number of hydrogen-bond donors (Lipinski definition) is 1. The lowest BCUT2D eigenvalue weighted by molar-refractivity contribution is 0.542. The van der Waals surface area contributed by atoms with Crippen LogP contribution in [0, 0.1) is 0 Å². The van der Waals surface area contributed by atoms with Crippen molar-refractivity contribution < 1.29 is 17.2 Å². The van der Waals surface area contributed by atoms with Crippen LogP contribution in [-0.2, 0) is 30.0 Å². The van der Waals surface area contributed by atoms with Crippen molar-refractivity contribution in [3.05, 3.63) is 59.3 Å². The molecule has 1 aromatic carbocycles. The number of sulfone groups is 1. The Morgan fingerprint density at radius 1 is 1.04 bits per heavy atom. The topological polar surface area (TPSA) is 76.4 Å². The van der Waals surface area contributed by atoms with Gasteiger partial charge in [-0.05, 0) is 49.6 Å². The zero-order chi connectivity index (χ0) is 20.4. The minimum atomic E-state index is -4.04. The van der Waals surface area contributed by atoms with Crippen LogP contribution in [0.25, 0.3) is 12.2 Å². The van der Waals surface area contributed by atoms with Crippen molar-refractivity contribution >= 4 is 42.1 Å². The van der Waals surface area contributed by atoms with E-state index in [9.17, 15) is 17.2 Å². The van der Waals surface area contributed by atoms with Crippen LogP contribution in [0.15, 0.2) is 52.4 Å². The first-order valence-corrected chi connectivity index (χ1v) is 12.3. The van der Waals surface area contributed by atoms with E-state index in [0.717, 1.165) is 9.54 Å². The number of nitrogens with zero attached hydrogens (tertiary/aromatic N) is 1. The fourth-order valence-corrected chi connectivity index (χ4v) is 5.96. The van der Waals surface area contributed by atoms with Crippen LogP contribution in [-0.4, -0.2) is 21.2 Å². The fourth-order valence-electron chi connectivity index (χ4n) is 2.71. The Labute approximate surface area is 166 Å². The van der Waals surface area contributed by atoms with Crippen molar-refractivity contribution in [3.8, 4) is 0 Å². The molecule has 1 N–H and O–H groups in total. The van der Waals surface area contributed by atoms with E-state index < -0.39 is 18.8 Å². The molecule has 0 aliphatic heterocycles. The van der Waals surface area contributed by atoms with Gasteiger partial charge in [0.15, 0.2) is 5.03 Å². The molecule has 8 heteroatoms. The van der Waals surface area contributed by atoms with Gasteiger partial charge in [-0.25, -0.2) is 16.6 Å². The van der Waals surface area contributed by atoms with E-state index in [0.29, 0.717) is 5.56 Å². The average Bonchev–Trinajstić information content (AvgIpc) is 2.95. The number of rotatable bonds is 6. The highest BCUT2D eigenvalue weighted by Gasteiger charge is 2.29. The summed E-state index contributed by atoms with van der Waals surface area (Å²) in [7, 11) is -8.06. The third-order valence-electron chi connectivity index (χ3n) is 4.03. The SMILES string of the molecule is C/C=C\c1cc(S(=O)(=O)c2ccc(C(C)C)cc2)n(S(=O)(O)=S)c1/C=C\C. The Balaban J connectivity index is 2.81. The molecule has 0 fully saturated rings. The first-order chi connectivity index (χ1) is 12.5. The third kappa shape index (κ3) is 4.40. The molecule has 1 heterocycles. The molecule has 0 radical (unpaired) electrons. The van der Waals surface area contributed by atoms with Gasteiger partial charge in [-0.2, -0.15) is 0 Å². The largest absolute Gasteiger partial charge is 0.290 e. The van der Waals surface area contributed by atoms with Gasteiger partial charge in [-0.1, -0.05) is 44.2 Å². The maximum absolute atomic E-state index is 13.2. The van der Waals surface area contributed by atoms with E-state index in [1.165, 1.54) is 18.2 Å². The second kappa shape index (κ2) is 8.10. The second-order valence-corrected chi connectivity index (χ2v) is 10.8. The van der Waals surface area contributed by atoms with Crippen LogP contribution in [0.5, 0.6) is 0 Å². The zero-order valence-electron chi connectivity index (χ0n) is 15.6. The lowest BCUT2D eigenvalue weighted by atomic mass is 10.0. The molecule has 2 aromatic rings. The molecule has 0 bridgehead atoms. The van der Waals surface area contributed by atoms with Crippen LogP contribution in [0.3, 0.4) is 0 Å². The summed E-state index contributed by atoms with van der Waals surface area (Å²) in [6.07, 6.45) is 6.63. The summed E-state index contributed by atoms with van der Waals surface area (Å²) in [5.74, 6) is 0.261. The number of aromatic nitrogens is 1. The Bertz CT molecular complexity index is 1090. The quantitative estimate of drug-likeness (QED) is 0.738. The molecule has 2 rings (SSSR count). The highest BCUT2D eigenvalue weighted by molar-refractivity contribution is 8.28. The van der Waals surface area contributed by atoms with Crippen LogP contribution >= 0.6 is 0 Å². The van der Waals surface area contributed by atoms with Gasteiger partial charge in [-0.15, -0.1) is 0 Å². The van der Waals surface area contributed by atoms with E-state index in [2.05, 4.69) is 0 Å². The van der Waals surface area contributed by atoms with Gasteiger partial charge in [0.2, 0.25) is 18.8 Å². The normalized spacial score (nSPS) is 15.0. The molecular formula is C19H23NO4S3. The summed E-state index contributed by atoms with van der Waals surface area (Å²) in [5.41, 5.74) is 1.78. The van der Waals surface area contributed by atoms with Gasteiger partial charge in [0.25, 0.3) is 0 Å². The first-order valence-electron chi connectivity index (χ1n) is 8.38. The third-order valence-corrected chi connectivity index (χ3v) is 7.19. The maximum atomic E-state index is 13.2. The summed E-state index contributed by atoms with van der Waals surface area (Å²) < 4.78 is 49.7. The lowest BCUT2D eigenvalue weighted by Gasteiger charge is -2.12. The van der Waals surface area contributed by atoms with E-state index in [-0.39, 0.29) is 21.5 Å². The maximum Gasteiger partial charge on any atom is 0.237 e. The fraction of sp³-hybridized carbons (Fsp3) is 0.263. The van der Waals surface area contributed by atoms with Gasteiger partial charge >= 0.3 is 0 Å². The number of hydrogen-bond acceptors (Lipinski definition) is 4. The molecular weight excluding hydrogens is 402 g/mol. The molecule has 1 aromatic heterocycles. The highest BCUT2D eigenvalue weighted by Crippen LogP contribution is 2.30. The molecule has 0 aliphatic rings. The van der Waals surface area contributed by atoms with Crippen LogP contribution in [0.1, 0.15) is 50.4 Å². The first kappa shape index (κ1) is 21.6. The van der Waals surface area contributed by atoms with Gasteiger partial charge in [0.1, 0.15) is 0 Å². The van der Waals surface area contributed by atoms with Crippen LogP contribution in [0.2, 0.25) is 0 Å². The predicted molar refractivity (Wildman–Crippen MR) is 113 cm³/mol. The van der Waals surface area contributed by atoms with Crippen molar-refractivity contribution in [1.29, 1.82) is 0 Å². The Kier molecular flexibility index (Phi) is 6.47. The summed E-state index contributed by atoms with van der Waals surface area (Å²) in [4.78, 5) is 0.0448. The summed E-state index contributed by atoms with van der Waals surface area (Å²) in [6.45, 7) is 7.54. The van der Waals surface area contributed by atoms with Crippen molar-refractivity contribution in [2.24, 2.45) is 0 Å². The van der Waals surface area contributed by atoms with E-state index in [1.807, 2.05) is 13.8 Å². The van der Waals surface area contributed by atoms with Gasteiger partial charge in [0.05, 0.1) is 10.6 Å². The molecule has 1 atom stereocenters. The Morgan fingerprint density at radius 3 is 2.04 bits per heavy atom. The molecule has 146 valence electrons. The highest BCUT2D eigenvalue weighted by atomic mass is 32.8. The summed E-state index contributed by atoms with van der Waals surface area (Å²) >= 11 is 4.74. The molecule has 0 saturated carbocycles. The minimum absolute atomic E-state index is 0.0448. The number of allylic oxidation sites excluding steroid dienone is 2. The van der Waals surface area contributed by atoms with Gasteiger partial charge < -0.3 is 0 Å². The van der Waals surface area contributed by atoms with Crippen molar-refractivity contribution in [1.82, 2.24) is 3.97 Å². The molecule has 0 spiro atoms. The van der Waals surface area contributed by atoms with Crippen molar-refractivity contribution in [2.75, 3.05) is 0 Å². The summed E-state index contributed by atoms with van der Waals surface area (Å²) in [5, 5.41) is -0.302. The molecule has 0 amide bonds. The van der Waals surface area contributed by atoms with E-state index in [1.54, 1.807) is 50.3 Å². The lowest BCUT2D eigenvalue weighted by Crippen LogP contribution is -2.18. The van der Waals surface area contributed by atoms with Crippen molar-refractivity contribution in [3.63, 3.8) is 0 Å². The predicted octanol–water partition coefficient (Wildman–Crippen LogP) is 4.49. The monoisotopic (exact) mass is 425 g/mol. The van der Waals surface area contributed by atoms with Crippen LogP contribution in [0.4, 0.5) is 0 Å². The molecule has 0 aliphatic carbocycles.